The first-order valence-corrected chi connectivity index (χ1v) is 7.66. The number of hydrogen-bond acceptors (Lipinski definition) is 5. The van der Waals surface area contributed by atoms with E-state index >= 15 is 0 Å². The Kier molecular flexibility index (Phi) is 3.46. The molecule has 0 amide bonds. The highest BCUT2D eigenvalue weighted by atomic mass is 35.5. The smallest absolute Gasteiger partial charge is 0.191 e. The third-order valence-corrected chi connectivity index (χ3v) is 5.52. The molecule has 0 aliphatic heterocycles. The van der Waals surface area contributed by atoms with E-state index in [1.807, 2.05) is 0 Å². The van der Waals surface area contributed by atoms with Gasteiger partial charge in [-0.2, -0.15) is 0 Å². The maximum atomic E-state index is 11.8. The highest BCUT2D eigenvalue weighted by Crippen LogP contribution is 2.29. The van der Waals surface area contributed by atoms with Gasteiger partial charge in [0.05, 0.1) is 5.75 Å². The lowest BCUT2D eigenvalue weighted by atomic mass is 10.2. The molecule has 1 aromatic carbocycles. The molecule has 0 aliphatic rings. The van der Waals surface area contributed by atoms with E-state index in [-0.39, 0.29) is 9.96 Å². The molecule has 0 saturated carbocycles. The van der Waals surface area contributed by atoms with Crippen LogP contribution in [0.5, 0.6) is 0 Å². The lowest BCUT2D eigenvalue weighted by Gasteiger charge is -2.01. The first-order valence-electron chi connectivity index (χ1n) is 4.85. The second-order valence-electron chi connectivity index (χ2n) is 3.32. The number of sulfone groups is 1. The van der Waals surface area contributed by atoms with Crippen molar-refractivity contribution >= 4 is 33.0 Å². The van der Waals surface area contributed by atoms with E-state index < -0.39 is 9.84 Å². The van der Waals surface area contributed by atoms with Gasteiger partial charge in [-0.1, -0.05) is 35.1 Å². The fourth-order valence-corrected chi connectivity index (χ4v) is 3.49. The monoisotopic (exact) mass is 288 g/mol. The Balaban J connectivity index is 2.55. The molecule has 17 heavy (non-hydrogen) atoms. The summed E-state index contributed by atoms with van der Waals surface area (Å²) < 4.78 is 27.6. The lowest BCUT2D eigenvalue weighted by molar-refractivity contribution is 0.599. The molecule has 2 aromatic rings. The van der Waals surface area contributed by atoms with E-state index in [1.165, 1.54) is 0 Å². The van der Waals surface area contributed by atoms with Crippen LogP contribution in [-0.4, -0.2) is 23.8 Å². The van der Waals surface area contributed by atoms with Crippen LogP contribution in [0.1, 0.15) is 6.92 Å². The average Bonchev–Trinajstić information content (AvgIpc) is 2.80. The molecular formula is C10H9ClN2O2S2. The molecule has 1 aromatic heterocycles. The first-order chi connectivity index (χ1) is 8.04. The van der Waals surface area contributed by atoms with Gasteiger partial charge in [0.2, 0.25) is 0 Å². The third-order valence-electron chi connectivity index (χ3n) is 2.24. The molecule has 0 bridgehead atoms. The largest absolute Gasteiger partial charge is 0.223 e. The minimum Gasteiger partial charge on any atom is -0.223 e. The molecule has 0 atom stereocenters. The zero-order chi connectivity index (χ0) is 12.5. The molecule has 2 rings (SSSR count). The van der Waals surface area contributed by atoms with Gasteiger partial charge in [-0.25, -0.2) is 8.42 Å². The summed E-state index contributed by atoms with van der Waals surface area (Å²) in [6.07, 6.45) is 0. The van der Waals surface area contributed by atoms with Gasteiger partial charge in [-0.15, -0.1) is 5.10 Å². The Morgan fingerprint density at radius 1 is 1.29 bits per heavy atom. The molecule has 90 valence electrons. The maximum Gasteiger partial charge on any atom is 0.191 e. The molecule has 0 spiro atoms. The van der Waals surface area contributed by atoms with Crippen molar-refractivity contribution in [3.63, 3.8) is 0 Å². The van der Waals surface area contributed by atoms with E-state index in [0.29, 0.717) is 16.3 Å². The Labute approximate surface area is 108 Å². The first kappa shape index (κ1) is 12.5. The average molecular weight is 289 g/mol. The van der Waals surface area contributed by atoms with Crippen LogP contribution in [-0.2, 0) is 9.84 Å². The molecular weight excluding hydrogens is 280 g/mol. The van der Waals surface area contributed by atoms with Gasteiger partial charge in [0.15, 0.2) is 14.0 Å². The summed E-state index contributed by atoms with van der Waals surface area (Å²) in [4.78, 5) is 0. The number of benzene rings is 1. The number of rotatable bonds is 3. The highest BCUT2D eigenvalue weighted by molar-refractivity contribution is 7.93. The Morgan fingerprint density at radius 3 is 2.53 bits per heavy atom. The van der Waals surface area contributed by atoms with Gasteiger partial charge in [-0.05, 0) is 12.1 Å². The predicted octanol–water partition coefficient (Wildman–Crippen LogP) is 2.65. The van der Waals surface area contributed by atoms with Crippen molar-refractivity contribution in [1.29, 1.82) is 0 Å². The topological polar surface area (TPSA) is 59.9 Å². The van der Waals surface area contributed by atoms with Gasteiger partial charge in [-0.3, -0.25) is 0 Å². The summed E-state index contributed by atoms with van der Waals surface area (Å²) in [6, 6.07) is 6.85. The quantitative estimate of drug-likeness (QED) is 0.871. The predicted molar refractivity (Wildman–Crippen MR) is 68.1 cm³/mol. The Morgan fingerprint density at radius 2 is 1.94 bits per heavy atom. The van der Waals surface area contributed by atoms with E-state index in [1.54, 1.807) is 31.2 Å². The maximum absolute atomic E-state index is 11.8. The lowest BCUT2D eigenvalue weighted by Crippen LogP contribution is -2.02. The van der Waals surface area contributed by atoms with Crippen LogP contribution in [0, 0.1) is 0 Å². The Bertz CT molecular complexity index is 620. The summed E-state index contributed by atoms with van der Waals surface area (Å²) in [7, 11) is -3.28. The van der Waals surface area contributed by atoms with Gasteiger partial charge in [0.1, 0.15) is 5.69 Å². The summed E-state index contributed by atoms with van der Waals surface area (Å²) in [5.74, 6) is 0.0391. The zero-order valence-corrected chi connectivity index (χ0v) is 11.3. The van der Waals surface area contributed by atoms with E-state index in [4.69, 9.17) is 11.6 Å². The minimum atomic E-state index is -3.28. The molecule has 0 N–H and O–H groups in total. The van der Waals surface area contributed by atoms with Gasteiger partial charge in [0.25, 0.3) is 0 Å². The van der Waals surface area contributed by atoms with Crippen LogP contribution in [0.4, 0.5) is 0 Å². The van der Waals surface area contributed by atoms with Crippen molar-refractivity contribution in [2.45, 2.75) is 11.1 Å². The normalized spacial score (nSPS) is 11.6. The van der Waals surface area contributed by atoms with Crippen molar-refractivity contribution in [2.24, 2.45) is 0 Å². The highest BCUT2D eigenvalue weighted by Gasteiger charge is 2.22. The third kappa shape index (κ3) is 2.48. The summed E-state index contributed by atoms with van der Waals surface area (Å²) >= 11 is 6.68. The molecule has 0 aliphatic carbocycles. The SMILES string of the molecule is CCS(=O)(=O)c1snnc1-c1ccc(Cl)cc1. The van der Waals surface area contributed by atoms with Crippen LogP contribution in [0.25, 0.3) is 11.3 Å². The van der Waals surface area contributed by atoms with Crippen LogP contribution >= 0.6 is 23.1 Å². The second-order valence-corrected chi connectivity index (χ2v) is 6.98. The van der Waals surface area contributed by atoms with Crippen molar-refractivity contribution < 1.29 is 8.42 Å². The van der Waals surface area contributed by atoms with Crippen LogP contribution in [0.3, 0.4) is 0 Å². The number of hydrogen-bond donors (Lipinski definition) is 0. The fraction of sp³-hybridized carbons (Fsp3) is 0.200. The minimum absolute atomic E-state index is 0.0391. The molecule has 4 nitrogen and oxygen atoms in total. The van der Waals surface area contributed by atoms with Crippen LogP contribution in [0.15, 0.2) is 28.5 Å². The number of halogens is 1. The number of nitrogens with zero attached hydrogens (tertiary/aromatic N) is 2. The molecule has 1 heterocycles. The zero-order valence-electron chi connectivity index (χ0n) is 8.92. The van der Waals surface area contributed by atoms with Gasteiger partial charge < -0.3 is 0 Å². The fourth-order valence-electron chi connectivity index (χ4n) is 1.30. The van der Waals surface area contributed by atoms with Gasteiger partial charge >= 0.3 is 0 Å². The van der Waals surface area contributed by atoms with Crippen molar-refractivity contribution in [3.8, 4) is 11.3 Å². The molecule has 0 unspecified atom stereocenters. The van der Waals surface area contributed by atoms with E-state index in [2.05, 4.69) is 9.59 Å². The summed E-state index contributed by atoms with van der Waals surface area (Å²) in [6.45, 7) is 1.60. The number of aromatic nitrogens is 2. The van der Waals surface area contributed by atoms with E-state index in [0.717, 1.165) is 11.5 Å². The van der Waals surface area contributed by atoms with Crippen LogP contribution in [0.2, 0.25) is 5.02 Å². The molecule has 0 fully saturated rings. The second kappa shape index (κ2) is 4.72. The molecule has 0 radical (unpaired) electrons. The summed E-state index contributed by atoms with van der Waals surface area (Å²) in [5.41, 5.74) is 1.10. The van der Waals surface area contributed by atoms with Crippen molar-refractivity contribution in [2.75, 3.05) is 5.75 Å². The van der Waals surface area contributed by atoms with Crippen LogP contribution < -0.4 is 0 Å². The standard InChI is InChI=1S/C10H9ClN2O2S2/c1-2-17(14,15)10-9(12-13-16-10)7-3-5-8(11)6-4-7/h3-6H,2H2,1H3. The molecule has 7 heteroatoms. The van der Waals surface area contributed by atoms with Crippen molar-refractivity contribution in [1.82, 2.24) is 9.59 Å². The summed E-state index contributed by atoms with van der Waals surface area (Å²) in [5, 5.41) is 4.47. The molecule has 0 saturated heterocycles. The van der Waals surface area contributed by atoms with Gasteiger partial charge in [0, 0.05) is 22.1 Å². The van der Waals surface area contributed by atoms with Crippen molar-refractivity contribution in [3.05, 3.63) is 29.3 Å². The Hall–Kier alpha value is -0.980. The van der Waals surface area contributed by atoms with E-state index in [9.17, 15) is 8.42 Å².